The number of anilines is 1. The fourth-order valence-corrected chi connectivity index (χ4v) is 4.22. The normalized spacial score (nSPS) is 13.4. The molecule has 1 saturated heterocycles. The van der Waals surface area contributed by atoms with E-state index in [1.54, 1.807) is 36.3 Å². The fourth-order valence-electron chi connectivity index (χ4n) is 4.22. The van der Waals surface area contributed by atoms with E-state index < -0.39 is 0 Å². The predicted molar refractivity (Wildman–Crippen MR) is 140 cm³/mol. The molecule has 4 rings (SSSR count). The molecule has 0 saturated carbocycles. The summed E-state index contributed by atoms with van der Waals surface area (Å²) in [7, 11) is 1.59. The van der Waals surface area contributed by atoms with Gasteiger partial charge >= 0.3 is 0 Å². The van der Waals surface area contributed by atoms with Crippen molar-refractivity contribution in [1.82, 2.24) is 20.0 Å². The number of rotatable bonds is 9. The Kier molecular flexibility index (Phi) is 8.49. The Morgan fingerprint density at radius 1 is 0.917 bits per heavy atom. The van der Waals surface area contributed by atoms with Gasteiger partial charge in [0.2, 0.25) is 5.91 Å². The minimum absolute atomic E-state index is 0.0295. The van der Waals surface area contributed by atoms with Crippen molar-refractivity contribution in [3.05, 3.63) is 72.3 Å². The lowest BCUT2D eigenvalue weighted by molar-refractivity contribution is -0.132. The molecule has 0 unspecified atom stereocenters. The standard InChI is InChI=1S/C28H33N5O3/c1-3-4-16-33(28(35)23-10-12-24(36-2)13-11-23)21-27(34)32-19-17-31(18-20-32)26-15-14-25(29-30-26)22-8-6-5-7-9-22/h5-15H,3-4,16-21H2,1-2H3. The lowest BCUT2D eigenvalue weighted by atomic mass is 10.1. The molecule has 2 aromatic carbocycles. The number of piperazine rings is 1. The highest BCUT2D eigenvalue weighted by Gasteiger charge is 2.26. The molecule has 0 N–H and O–H groups in total. The number of ether oxygens (including phenoxy) is 1. The SMILES string of the molecule is CCCCN(CC(=O)N1CCN(c2ccc(-c3ccccc3)nn2)CC1)C(=O)c1ccc(OC)cc1. The summed E-state index contributed by atoms with van der Waals surface area (Å²) in [4.78, 5) is 31.9. The number of carbonyl (C=O) groups excluding carboxylic acids is 2. The van der Waals surface area contributed by atoms with Crippen molar-refractivity contribution in [1.29, 1.82) is 0 Å². The predicted octanol–water partition coefficient (Wildman–Crippen LogP) is 3.74. The number of nitrogens with zero attached hydrogens (tertiary/aromatic N) is 5. The van der Waals surface area contributed by atoms with Crippen LogP contribution in [0.25, 0.3) is 11.3 Å². The third kappa shape index (κ3) is 6.19. The van der Waals surface area contributed by atoms with Crippen LogP contribution in [0.15, 0.2) is 66.7 Å². The van der Waals surface area contributed by atoms with Gasteiger partial charge in [0.1, 0.15) is 12.3 Å². The van der Waals surface area contributed by atoms with E-state index in [-0.39, 0.29) is 18.4 Å². The summed E-state index contributed by atoms with van der Waals surface area (Å²) in [5, 5.41) is 8.79. The van der Waals surface area contributed by atoms with Crippen molar-refractivity contribution in [3.8, 4) is 17.0 Å². The van der Waals surface area contributed by atoms with E-state index in [9.17, 15) is 9.59 Å². The van der Waals surface area contributed by atoms with E-state index >= 15 is 0 Å². The first-order chi connectivity index (χ1) is 17.6. The maximum Gasteiger partial charge on any atom is 0.254 e. The van der Waals surface area contributed by atoms with Crippen LogP contribution in [0.2, 0.25) is 0 Å². The zero-order valence-corrected chi connectivity index (χ0v) is 21.0. The van der Waals surface area contributed by atoms with E-state index in [0.29, 0.717) is 44.0 Å². The number of benzene rings is 2. The second-order valence-electron chi connectivity index (χ2n) is 8.82. The Balaban J connectivity index is 1.34. The van der Waals surface area contributed by atoms with Crippen molar-refractivity contribution in [2.75, 3.05) is 51.3 Å². The van der Waals surface area contributed by atoms with E-state index in [1.807, 2.05) is 47.4 Å². The Bertz CT molecular complexity index is 1130. The monoisotopic (exact) mass is 487 g/mol. The third-order valence-electron chi connectivity index (χ3n) is 6.41. The molecular formula is C28H33N5O3. The van der Waals surface area contributed by atoms with Gasteiger partial charge in [-0.1, -0.05) is 43.7 Å². The van der Waals surface area contributed by atoms with Gasteiger partial charge in [-0.15, -0.1) is 10.2 Å². The number of amides is 2. The average Bonchev–Trinajstić information content (AvgIpc) is 2.95. The molecule has 0 radical (unpaired) electrons. The van der Waals surface area contributed by atoms with Gasteiger partial charge in [0.05, 0.1) is 12.8 Å². The quantitative estimate of drug-likeness (QED) is 0.458. The lowest BCUT2D eigenvalue weighted by Gasteiger charge is -2.36. The number of hydrogen-bond donors (Lipinski definition) is 0. The molecule has 0 bridgehead atoms. The van der Waals surface area contributed by atoms with Gasteiger partial charge in [-0.25, -0.2) is 0 Å². The summed E-state index contributed by atoms with van der Waals surface area (Å²) in [5.74, 6) is 1.34. The molecule has 1 fully saturated rings. The van der Waals surface area contributed by atoms with Crippen LogP contribution in [0.4, 0.5) is 5.82 Å². The molecule has 8 heteroatoms. The maximum atomic E-state index is 13.1. The molecule has 0 atom stereocenters. The van der Waals surface area contributed by atoms with Gasteiger partial charge in [0.15, 0.2) is 5.82 Å². The number of aromatic nitrogens is 2. The molecule has 0 spiro atoms. The highest BCUT2D eigenvalue weighted by molar-refractivity contribution is 5.96. The first-order valence-corrected chi connectivity index (χ1v) is 12.4. The average molecular weight is 488 g/mol. The summed E-state index contributed by atoms with van der Waals surface area (Å²) in [6.07, 6.45) is 1.80. The van der Waals surface area contributed by atoms with E-state index in [2.05, 4.69) is 22.0 Å². The van der Waals surface area contributed by atoms with Crippen LogP contribution in [-0.2, 0) is 4.79 Å². The van der Waals surface area contributed by atoms with Crippen molar-refractivity contribution >= 4 is 17.6 Å². The fraction of sp³-hybridized carbons (Fsp3) is 0.357. The molecule has 1 aliphatic rings. The van der Waals surface area contributed by atoms with Crippen LogP contribution in [0, 0.1) is 0 Å². The first-order valence-electron chi connectivity index (χ1n) is 12.4. The highest BCUT2D eigenvalue weighted by atomic mass is 16.5. The molecular weight excluding hydrogens is 454 g/mol. The van der Waals surface area contributed by atoms with Crippen LogP contribution >= 0.6 is 0 Å². The van der Waals surface area contributed by atoms with Gasteiger partial charge in [-0.3, -0.25) is 9.59 Å². The van der Waals surface area contributed by atoms with Gasteiger partial charge in [0, 0.05) is 43.9 Å². The molecule has 0 aliphatic carbocycles. The number of carbonyl (C=O) groups is 2. The Morgan fingerprint density at radius 3 is 2.25 bits per heavy atom. The van der Waals surface area contributed by atoms with Gasteiger partial charge < -0.3 is 19.4 Å². The van der Waals surface area contributed by atoms with E-state index in [0.717, 1.165) is 29.9 Å². The van der Waals surface area contributed by atoms with Crippen molar-refractivity contribution in [2.45, 2.75) is 19.8 Å². The second-order valence-corrected chi connectivity index (χ2v) is 8.82. The van der Waals surface area contributed by atoms with Crippen molar-refractivity contribution < 1.29 is 14.3 Å². The van der Waals surface area contributed by atoms with Crippen molar-refractivity contribution in [3.63, 3.8) is 0 Å². The Labute approximate surface area is 212 Å². The molecule has 1 aromatic heterocycles. The third-order valence-corrected chi connectivity index (χ3v) is 6.41. The summed E-state index contributed by atoms with van der Waals surface area (Å²) in [6.45, 7) is 5.22. The van der Waals surface area contributed by atoms with E-state index in [1.165, 1.54) is 0 Å². The number of hydrogen-bond acceptors (Lipinski definition) is 6. The lowest BCUT2D eigenvalue weighted by Crippen LogP contribution is -2.52. The largest absolute Gasteiger partial charge is 0.497 e. The Hall–Kier alpha value is -3.94. The summed E-state index contributed by atoms with van der Waals surface area (Å²) in [6, 6.07) is 20.9. The zero-order chi connectivity index (χ0) is 25.3. The van der Waals surface area contributed by atoms with Crippen LogP contribution in [0.5, 0.6) is 5.75 Å². The second kappa shape index (κ2) is 12.2. The zero-order valence-electron chi connectivity index (χ0n) is 21.0. The molecule has 2 heterocycles. The smallest absolute Gasteiger partial charge is 0.254 e. The summed E-state index contributed by atoms with van der Waals surface area (Å²) in [5.41, 5.74) is 2.42. The minimum Gasteiger partial charge on any atom is -0.497 e. The van der Waals surface area contributed by atoms with Crippen LogP contribution < -0.4 is 9.64 Å². The number of unbranched alkanes of at least 4 members (excludes halogenated alkanes) is 1. The van der Waals surface area contributed by atoms with Crippen molar-refractivity contribution in [2.24, 2.45) is 0 Å². The number of methoxy groups -OCH3 is 1. The summed E-state index contributed by atoms with van der Waals surface area (Å²) < 4.78 is 5.19. The topological polar surface area (TPSA) is 78.9 Å². The molecule has 36 heavy (non-hydrogen) atoms. The highest BCUT2D eigenvalue weighted by Crippen LogP contribution is 2.19. The molecule has 188 valence electrons. The molecule has 3 aromatic rings. The van der Waals surface area contributed by atoms with Crippen LogP contribution in [-0.4, -0.2) is 78.2 Å². The Morgan fingerprint density at radius 2 is 1.64 bits per heavy atom. The molecule has 2 amide bonds. The van der Waals surface area contributed by atoms with Gasteiger partial charge in [-0.2, -0.15) is 0 Å². The van der Waals surface area contributed by atoms with Crippen LogP contribution in [0.1, 0.15) is 30.1 Å². The first kappa shape index (κ1) is 25.2. The van der Waals surface area contributed by atoms with Gasteiger partial charge in [0.25, 0.3) is 5.91 Å². The molecule has 1 aliphatic heterocycles. The summed E-state index contributed by atoms with van der Waals surface area (Å²) >= 11 is 0. The van der Waals surface area contributed by atoms with Gasteiger partial charge in [-0.05, 0) is 42.8 Å². The maximum absolute atomic E-state index is 13.1. The van der Waals surface area contributed by atoms with E-state index in [4.69, 9.17) is 4.74 Å². The van der Waals surface area contributed by atoms with Crippen LogP contribution in [0.3, 0.4) is 0 Å². The molecule has 8 nitrogen and oxygen atoms in total. The minimum atomic E-state index is -0.133.